The van der Waals surface area contributed by atoms with E-state index in [0.717, 1.165) is 23.2 Å². The number of hydrogen-bond acceptors (Lipinski definition) is 4. The number of rotatable bonds is 8. The highest BCUT2D eigenvalue weighted by atomic mass is 16.5. The Morgan fingerprint density at radius 3 is 2.45 bits per heavy atom. The SMILES string of the molecule is CC[C@H](C)c1ccccc1NC(=O)COC(=O)c1c(C)nn(Cc2ccccc2)c1C. The first-order chi connectivity index (χ1) is 14.9. The summed E-state index contributed by atoms with van der Waals surface area (Å²) in [7, 11) is 0. The summed E-state index contributed by atoms with van der Waals surface area (Å²) < 4.78 is 7.09. The Morgan fingerprint density at radius 1 is 1.06 bits per heavy atom. The second-order valence-corrected chi connectivity index (χ2v) is 7.71. The summed E-state index contributed by atoms with van der Waals surface area (Å²) in [6.07, 6.45) is 0.966. The van der Waals surface area contributed by atoms with Crippen molar-refractivity contribution in [1.29, 1.82) is 0 Å². The van der Waals surface area contributed by atoms with E-state index in [1.807, 2.05) is 61.5 Å². The third-order valence-electron chi connectivity index (χ3n) is 5.47. The zero-order valence-corrected chi connectivity index (χ0v) is 18.5. The predicted octanol–water partition coefficient (Wildman–Crippen LogP) is 4.86. The summed E-state index contributed by atoms with van der Waals surface area (Å²) in [5.74, 6) is -0.587. The number of nitrogens with one attached hydrogen (secondary N) is 1. The number of para-hydroxylation sites is 1. The van der Waals surface area contributed by atoms with Crippen LogP contribution in [0.15, 0.2) is 54.6 Å². The number of aryl methyl sites for hydroxylation is 1. The van der Waals surface area contributed by atoms with Gasteiger partial charge in [0.25, 0.3) is 5.91 Å². The molecule has 3 aromatic rings. The fourth-order valence-electron chi connectivity index (χ4n) is 3.55. The lowest BCUT2D eigenvalue weighted by Gasteiger charge is -2.15. The molecule has 0 aliphatic carbocycles. The van der Waals surface area contributed by atoms with Crippen LogP contribution in [0.3, 0.4) is 0 Å². The number of ether oxygens (including phenoxy) is 1. The predicted molar refractivity (Wildman–Crippen MR) is 121 cm³/mol. The van der Waals surface area contributed by atoms with E-state index in [0.29, 0.717) is 29.4 Å². The van der Waals surface area contributed by atoms with Crippen LogP contribution in [0.4, 0.5) is 5.69 Å². The van der Waals surface area contributed by atoms with E-state index in [2.05, 4.69) is 24.3 Å². The zero-order chi connectivity index (χ0) is 22.4. The van der Waals surface area contributed by atoms with Crippen molar-refractivity contribution in [2.45, 2.75) is 46.6 Å². The van der Waals surface area contributed by atoms with Crippen LogP contribution in [0.25, 0.3) is 0 Å². The van der Waals surface area contributed by atoms with Crippen molar-refractivity contribution in [2.24, 2.45) is 0 Å². The summed E-state index contributed by atoms with van der Waals surface area (Å²) >= 11 is 0. The molecule has 1 heterocycles. The van der Waals surface area contributed by atoms with E-state index < -0.39 is 5.97 Å². The molecule has 0 aliphatic rings. The minimum Gasteiger partial charge on any atom is -0.452 e. The first-order valence-electron chi connectivity index (χ1n) is 10.5. The van der Waals surface area contributed by atoms with Gasteiger partial charge < -0.3 is 10.1 Å². The van der Waals surface area contributed by atoms with Crippen LogP contribution in [-0.4, -0.2) is 28.3 Å². The number of nitrogens with zero attached hydrogens (tertiary/aromatic N) is 2. The topological polar surface area (TPSA) is 73.2 Å². The Morgan fingerprint density at radius 2 is 1.74 bits per heavy atom. The summed E-state index contributed by atoms with van der Waals surface area (Å²) in [4.78, 5) is 25.1. The number of carbonyl (C=O) groups excluding carboxylic acids is 2. The third kappa shape index (κ3) is 5.40. The van der Waals surface area contributed by atoms with Crippen LogP contribution in [0.2, 0.25) is 0 Å². The van der Waals surface area contributed by atoms with Gasteiger partial charge in [-0.15, -0.1) is 0 Å². The molecule has 1 atom stereocenters. The standard InChI is InChI=1S/C25H29N3O3/c1-5-17(2)21-13-9-10-14-22(21)26-23(29)16-31-25(30)24-18(3)27-28(19(24)4)15-20-11-7-6-8-12-20/h6-14,17H,5,15-16H2,1-4H3,(H,26,29)/t17-/m0/s1. The van der Waals surface area contributed by atoms with Crippen LogP contribution in [-0.2, 0) is 16.1 Å². The van der Waals surface area contributed by atoms with Crippen LogP contribution in [0.5, 0.6) is 0 Å². The second kappa shape index (κ2) is 10.1. The summed E-state index contributed by atoms with van der Waals surface area (Å²) in [5, 5.41) is 7.34. The Balaban J connectivity index is 1.64. The normalized spacial score (nSPS) is 11.7. The Kier molecular flexibility index (Phi) is 7.23. The number of anilines is 1. The molecule has 31 heavy (non-hydrogen) atoms. The van der Waals surface area contributed by atoms with Gasteiger partial charge in [0.2, 0.25) is 0 Å². The van der Waals surface area contributed by atoms with Crippen LogP contribution in [0, 0.1) is 13.8 Å². The smallest absolute Gasteiger partial charge is 0.342 e. The highest BCUT2D eigenvalue weighted by molar-refractivity contribution is 5.96. The lowest BCUT2D eigenvalue weighted by molar-refractivity contribution is -0.119. The molecule has 0 fully saturated rings. The lowest BCUT2D eigenvalue weighted by atomic mass is 9.97. The van der Waals surface area contributed by atoms with E-state index in [4.69, 9.17) is 4.74 Å². The van der Waals surface area contributed by atoms with Gasteiger partial charge in [0, 0.05) is 5.69 Å². The maximum absolute atomic E-state index is 12.7. The Labute approximate surface area is 183 Å². The maximum atomic E-state index is 12.7. The molecule has 6 nitrogen and oxygen atoms in total. The number of hydrogen-bond donors (Lipinski definition) is 1. The maximum Gasteiger partial charge on any atom is 0.342 e. The molecule has 0 saturated heterocycles. The third-order valence-corrected chi connectivity index (χ3v) is 5.47. The van der Waals surface area contributed by atoms with Crippen LogP contribution >= 0.6 is 0 Å². The van der Waals surface area contributed by atoms with Gasteiger partial charge in [-0.2, -0.15) is 5.10 Å². The van der Waals surface area contributed by atoms with E-state index in [1.54, 1.807) is 11.6 Å². The summed E-state index contributed by atoms with van der Waals surface area (Å²) in [6, 6.07) is 17.6. The summed E-state index contributed by atoms with van der Waals surface area (Å²) in [6.45, 7) is 8.04. The lowest BCUT2D eigenvalue weighted by Crippen LogP contribution is -2.22. The number of benzene rings is 2. The van der Waals surface area contributed by atoms with Crippen molar-refractivity contribution < 1.29 is 14.3 Å². The molecule has 162 valence electrons. The first kappa shape index (κ1) is 22.3. The van der Waals surface area contributed by atoms with E-state index >= 15 is 0 Å². The van der Waals surface area contributed by atoms with E-state index in [1.165, 1.54) is 0 Å². The second-order valence-electron chi connectivity index (χ2n) is 7.71. The molecule has 6 heteroatoms. The molecule has 1 aromatic heterocycles. The number of amides is 1. The average Bonchev–Trinajstić information content (AvgIpc) is 3.05. The quantitative estimate of drug-likeness (QED) is 0.529. The molecule has 0 aliphatic heterocycles. The van der Waals surface area contributed by atoms with Crippen molar-refractivity contribution >= 4 is 17.6 Å². The van der Waals surface area contributed by atoms with Crippen molar-refractivity contribution in [3.8, 4) is 0 Å². The monoisotopic (exact) mass is 419 g/mol. The van der Waals surface area contributed by atoms with Gasteiger partial charge in [0.1, 0.15) is 5.56 Å². The van der Waals surface area contributed by atoms with Crippen molar-refractivity contribution in [1.82, 2.24) is 9.78 Å². The van der Waals surface area contributed by atoms with Gasteiger partial charge >= 0.3 is 5.97 Å². The average molecular weight is 420 g/mol. The molecule has 1 N–H and O–H groups in total. The van der Waals surface area contributed by atoms with Crippen molar-refractivity contribution in [3.63, 3.8) is 0 Å². The van der Waals surface area contributed by atoms with Crippen LogP contribution < -0.4 is 5.32 Å². The van der Waals surface area contributed by atoms with E-state index in [9.17, 15) is 9.59 Å². The minimum atomic E-state index is -0.542. The van der Waals surface area contributed by atoms with Gasteiger partial charge in [0.05, 0.1) is 17.9 Å². The number of aromatic nitrogens is 2. The molecule has 0 radical (unpaired) electrons. The molecule has 0 bridgehead atoms. The highest BCUT2D eigenvalue weighted by Gasteiger charge is 2.21. The van der Waals surface area contributed by atoms with Gasteiger partial charge in [-0.3, -0.25) is 9.48 Å². The fraction of sp³-hybridized carbons (Fsp3) is 0.320. The largest absolute Gasteiger partial charge is 0.452 e. The molecule has 3 rings (SSSR count). The first-order valence-corrected chi connectivity index (χ1v) is 10.5. The molecule has 0 spiro atoms. The van der Waals surface area contributed by atoms with Gasteiger partial charge in [-0.1, -0.05) is 62.4 Å². The zero-order valence-electron chi connectivity index (χ0n) is 18.5. The number of esters is 1. The van der Waals surface area contributed by atoms with Crippen LogP contribution in [0.1, 0.15) is 59.1 Å². The van der Waals surface area contributed by atoms with Crippen molar-refractivity contribution in [2.75, 3.05) is 11.9 Å². The van der Waals surface area contributed by atoms with Gasteiger partial charge in [-0.05, 0) is 43.4 Å². The molecular formula is C25H29N3O3. The fourth-order valence-corrected chi connectivity index (χ4v) is 3.55. The van der Waals surface area contributed by atoms with Gasteiger partial charge in [-0.25, -0.2) is 4.79 Å². The molecular weight excluding hydrogens is 390 g/mol. The summed E-state index contributed by atoms with van der Waals surface area (Å²) in [5.41, 5.74) is 4.62. The van der Waals surface area contributed by atoms with E-state index in [-0.39, 0.29) is 12.5 Å². The Hall–Kier alpha value is -3.41. The number of carbonyl (C=O) groups is 2. The van der Waals surface area contributed by atoms with Crippen molar-refractivity contribution in [3.05, 3.63) is 82.7 Å². The highest BCUT2D eigenvalue weighted by Crippen LogP contribution is 2.26. The molecule has 0 unspecified atom stereocenters. The Bertz CT molecular complexity index is 1060. The van der Waals surface area contributed by atoms with Gasteiger partial charge in [0.15, 0.2) is 6.61 Å². The minimum absolute atomic E-state index is 0.319. The molecule has 2 aromatic carbocycles. The molecule has 0 saturated carbocycles. The molecule has 1 amide bonds.